The Morgan fingerprint density at radius 2 is 2.00 bits per heavy atom. The molecule has 2 N–H and O–H groups in total. The van der Waals surface area contributed by atoms with Crippen molar-refractivity contribution in [3.8, 4) is 12.3 Å². The number of hydrogen-bond acceptors (Lipinski definition) is 9. The van der Waals surface area contributed by atoms with Gasteiger partial charge in [0.25, 0.3) is 5.91 Å². The van der Waals surface area contributed by atoms with Crippen molar-refractivity contribution < 1.29 is 9.63 Å². The second-order valence-electron chi connectivity index (χ2n) is 5.71. The number of thiazole rings is 1. The van der Waals surface area contributed by atoms with Crippen LogP contribution >= 0.6 is 23.3 Å². The van der Waals surface area contributed by atoms with Crippen molar-refractivity contribution in [2.75, 3.05) is 51.0 Å². The van der Waals surface area contributed by atoms with E-state index in [1.807, 2.05) is 12.1 Å². The lowest BCUT2D eigenvalue weighted by Crippen LogP contribution is -2.43. The number of anilines is 2. The lowest BCUT2D eigenvalue weighted by Gasteiger charge is -2.33. The fraction of sp³-hybridized carbons (Fsp3) is 0.389. The largest absolute Gasteiger partial charge is 0.384 e. The third-order valence-corrected chi connectivity index (χ3v) is 5.89. The summed E-state index contributed by atoms with van der Waals surface area (Å²) in [5.74, 6) is 2.60. The molecule has 1 fully saturated rings. The molecule has 0 saturated carbocycles. The van der Waals surface area contributed by atoms with Gasteiger partial charge in [0.1, 0.15) is 10.7 Å². The molecule has 2 aromatic heterocycles. The molecule has 0 aliphatic carbocycles. The summed E-state index contributed by atoms with van der Waals surface area (Å²) in [6.07, 6.45) is 8.00. The second kappa shape index (κ2) is 10.9. The Balaban J connectivity index is 0.000000878. The van der Waals surface area contributed by atoms with Crippen LogP contribution in [0.3, 0.4) is 0 Å². The summed E-state index contributed by atoms with van der Waals surface area (Å²) in [6, 6.07) is 3.79. The maximum atomic E-state index is 12.1. The Morgan fingerprint density at radius 3 is 2.57 bits per heavy atom. The second-order valence-corrected chi connectivity index (χ2v) is 7.89. The molecule has 2 aromatic rings. The average Bonchev–Trinajstić information content (AvgIpc) is 3.20. The molecule has 0 aromatic carbocycles. The first-order chi connectivity index (χ1) is 13.5. The minimum Gasteiger partial charge on any atom is -0.384 e. The van der Waals surface area contributed by atoms with Crippen LogP contribution in [0.25, 0.3) is 0 Å². The lowest BCUT2D eigenvalue weighted by atomic mass is 10.4. The molecule has 3 rings (SSSR count). The predicted molar refractivity (Wildman–Crippen MR) is 114 cm³/mol. The fourth-order valence-corrected chi connectivity index (χ4v) is 4.12. The number of amides is 1. The van der Waals surface area contributed by atoms with Gasteiger partial charge in [-0.2, -0.15) is 0 Å². The highest BCUT2D eigenvalue weighted by Gasteiger charge is 2.22. The lowest BCUT2D eigenvalue weighted by molar-refractivity contribution is -0.0754. The first-order valence-corrected chi connectivity index (χ1v) is 10.1. The number of pyridine rings is 1. The number of carbonyl (C=O) groups excluding carboxylic acids is 1. The zero-order chi connectivity index (χ0) is 20.5. The molecule has 0 bridgehead atoms. The number of terminal acetylenes is 1. The van der Waals surface area contributed by atoms with Crippen LogP contribution < -0.4 is 10.6 Å². The van der Waals surface area contributed by atoms with E-state index in [0.29, 0.717) is 10.7 Å². The van der Waals surface area contributed by atoms with Crippen LogP contribution in [0.2, 0.25) is 0 Å². The summed E-state index contributed by atoms with van der Waals surface area (Å²) < 4.78 is 2.29. The third kappa shape index (κ3) is 6.10. The zero-order valence-corrected chi connectivity index (χ0v) is 17.8. The van der Waals surface area contributed by atoms with Gasteiger partial charge in [0.2, 0.25) is 0 Å². The SMILES string of the molecule is C#CC.CON(C)C(=O)c1cnc(N2CCN(Sc3ccc(N)nc3)CC2)s1. The summed E-state index contributed by atoms with van der Waals surface area (Å²) >= 11 is 3.07. The van der Waals surface area contributed by atoms with E-state index in [1.165, 1.54) is 23.5 Å². The maximum Gasteiger partial charge on any atom is 0.288 e. The molecule has 1 saturated heterocycles. The van der Waals surface area contributed by atoms with Crippen LogP contribution in [-0.4, -0.2) is 65.6 Å². The first-order valence-electron chi connectivity index (χ1n) is 8.53. The topological polar surface area (TPSA) is 87.8 Å². The van der Waals surface area contributed by atoms with Crippen molar-refractivity contribution in [1.82, 2.24) is 19.3 Å². The van der Waals surface area contributed by atoms with E-state index in [1.54, 1.807) is 38.3 Å². The van der Waals surface area contributed by atoms with Gasteiger partial charge in [-0.15, -0.1) is 12.3 Å². The molecule has 150 valence electrons. The van der Waals surface area contributed by atoms with Crippen LogP contribution in [0.15, 0.2) is 29.4 Å². The number of nitrogens with zero attached hydrogens (tertiary/aromatic N) is 5. The smallest absolute Gasteiger partial charge is 0.288 e. The van der Waals surface area contributed by atoms with Crippen LogP contribution in [0.5, 0.6) is 0 Å². The standard InChI is InChI=1S/C15H20N6O2S2.C3H4/c1-19(23-2)14(22)12-10-18-15(24-12)20-5-7-21(8-6-20)25-11-3-4-13(16)17-9-11;1-3-2/h3-4,9-10H,5-8H2,1-2H3,(H2,16,17);1H,2H3. The number of hydroxylamine groups is 2. The fourth-order valence-electron chi connectivity index (χ4n) is 2.31. The predicted octanol–water partition coefficient (Wildman–Crippen LogP) is 2.22. The van der Waals surface area contributed by atoms with Gasteiger partial charge in [-0.25, -0.2) is 19.3 Å². The normalized spacial score (nSPS) is 14.0. The van der Waals surface area contributed by atoms with Crippen molar-refractivity contribution in [2.24, 2.45) is 0 Å². The molecule has 8 nitrogen and oxygen atoms in total. The number of carbonyl (C=O) groups is 1. The van der Waals surface area contributed by atoms with E-state index in [9.17, 15) is 4.79 Å². The van der Waals surface area contributed by atoms with Crippen LogP contribution in [-0.2, 0) is 4.84 Å². The number of rotatable bonds is 5. The van der Waals surface area contributed by atoms with Crippen LogP contribution in [0, 0.1) is 12.3 Å². The molecule has 0 radical (unpaired) electrons. The number of piperazine rings is 1. The van der Waals surface area contributed by atoms with Gasteiger partial charge in [-0.1, -0.05) is 11.3 Å². The van der Waals surface area contributed by atoms with Gasteiger partial charge < -0.3 is 10.6 Å². The Morgan fingerprint density at radius 1 is 1.32 bits per heavy atom. The molecule has 3 heterocycles. The van der Waals surface area contributed by atoms with Gasteiger partial charge in [-0.3, -0.25) is 9.63 Å². The number of nitrogen functional groups attached to an aromatic ring is 1. The molecule has 1 aliphatic heterocycles. The molecule has 1 aliphatic rings. The summed E-state index contributed by atoms with van der Waals surface area (Å²) in [7, 11) is 3.05. The average molecular weight is 421 g/mol. The minimum absolute atomic E-state index is 0.184. The maximum absolute atomic E-state index is 12.1. The van der Waals surface area contributed by atoms with Crippen molar-refractivity contribution in [3.63, 3.8) is 0 Å². The van der Waals surface area contributed by atoms with Crippen molar-refractivity contribution >= 4 is 40.1 Å². The highest BCUT2D eigenvalue weighted by Crippen LogP contribution is 2.28. The number of hydrogen-bond donors (Lipinski definition) is 1. The van der Waals surface area contributed by atoms with Crippen LogP contribution in [0.4, 0.5) is 10.9 Å². The van der Waals surface area contributed by atoms with Gasteiger partial charge in [-0.05, 0) is 31.0 Å². The summed E-state index contributed by atoms with van der Waals surface area (Å²) in [4.78, 5) is 29.4. The Kier molecular flexibility index (Phi) is 8.53. The Hall–Kier alpha value is -2.32. The number of nitrogens with two attached hydrogens (primary N) is 1. The van der Waals surface area contributed by atoms with E-state index < -0.39 is 0 Å². The van der Waals surface area contributed by atoms with E-state index >= 15 is 0 Å². The van der Waals surface area contributed by atoms with Gasteiger partial charge >= 0.3 is 0 Å². The quantitative estimate of drug-likeness (QED) is 0.448. The molecule has 0 spiro atoms. The highest BCUT2D eigenvalue weighted by atomic mass is 32.2. The van der Waals surface area contributed by atoms with Gasteiger partial charge in [0.05, 0.1) is 13.3 Å². The monoisotopic (exact) mass is 420 g/mol. The molecular formula is C18H24N6O2S2. The molecular weight excluding hydrogens is 396 g/mol. The Labute approximate surface area is 173 Å². The van der Waals surface area contributed by atoms with Gasteiger partial charge in [0, 0.05) is 44.3 Å². The van der Waals surface area contributed by atoms with E-state index in [0.717, 1.165) is 36.2 Å². The van der Waals surface area contributed by atoms with Crippen LogP contribution in [0.1, 0.15) is 16.6 Å². The zero-order valence-electron chi connectivity index (χ0n) is 16.2. The molecule has 28 heavy (non-hydrogen) atoms. The van der Waals surface area contributed by atoms with E-state index in [2.05, 4.69) is 31.5 Å². The summed E-state index contributed by atoms with van der Waals surface area (Å²) in [6.45, 7) is 5.17. The Bertz CT molecular complexity index is 797. The summed E-state index contributed by atoms with van der Waals surface area (Å²) in [5, 5.41) is 2.07. The van der Waals surface area contributed by atoms with Gasteiger partial charge in [0.15, 0.2) is 5.13 Å². The first kappa shape index (κ1) is 22.0. The molecule has 10 heteroatoms. The molecule has 0 atom stereocenters. The van der Waals surface area contributed by atoms with E-state index in [-0.39, 0.29) is 5.91 Å². The highest BCUT2D eigenvalue weighted by molar-refractivity contribution is 7.97. The third-order valence-electron chi connectivity index (χ3n) is 3.77. The number of aromatic nitrogens is 2. The molecule has 0 unspecified atom stereocenters. The van der Waals surface area contributed by atoms with Crippen molar-refractivity contribution in [1.29, 1.82) is 0 Å². The van der Waals surface area contributed by atoms with Crippen molar-refractivity contribution in [3.05, 3.63) is 29.4 Å². The van der Waals surface area contributed by atoms with E-state index in [4.69, 9.17) is 10.6 Å². The van der Waals surface area contributed by atoms with Crippen molar-refractivity contribution in [2.45, 2.75) is 11.8 Å². The minimum atomic E-state index is -0.184. The summed E-state index contributed by atoms with van der Waals surface area (Å²) in [5.41, 5.74) is 5.61. The molecule has 1 amide bonds.